The summed E-state index contributed by atoms with van der Waals surface area (Å²) in [5.41, 5.74) is 0.219. The average Bonchev–Trinajstić information content (AvgIpc) is 2.24. The first-order valence-corrected chi connectivity index (χ1v) is 5.63. The Balaban J connectivity index is 2.62. The lowest BCUT2D eigenvalue weighted by Gasteiger charge is -2.13. The maximum absolute atomic E-state index is 13.4. The molecule has 0 aliphatic rings. The molecule has 0 bridgehead atoms. The van der Waals surface area contributed by atoms with E-state index in [0.717, 1.165) is 0 Å². The molecule has 3 nitrogen and oxygen atoms in total. The summed E-state index contributed by atoms with van der Waals surface area (Å²) in [6, 6.07) is 4.24. The molecule has 0 aromatic heterocycles. The first kappa shape index (κ1) is 13.9. The van der Waals surface area contributed by atoms with Crippen molar-refractivity contribution in [1.82, 2.24) is 5.32 Å². The lowest BCUT2D eigenvalue weighted by Crippen LogP contribution is -2.36. The average molecular weight is 260 g/mol. The number of hydrogen-bond donors (Lipinski definition) is 1. The van der Waals surface area contributed by atoms with Crippen LogP contribution in [-0.2, 0) is 16.0 Å². The minimum absolute atomic E-state index is 0.0699. The molecular formula is C12H15ClFNO2. The highest BCUT2D eigenvalue weighted by Gasteiger charge is 2.13. The van der Waals surface area contributed by atoms with Gasteiger partial charge in [-0.2, -0.15) is 0 Å². The molecule has 94 valence electrons. The summed E-state index contributed by atoms with van der Waals surface area (Å²) >= 11 is 5.83. The Bertz CT molecular complexity index is 378. The largest absolute Gasteiger partial charge is 0.383 e. The second-order valence-electron chi connectivity index (χ2n) is 3.80. The molecule has 5 heteroatoms. The number of carbonyl (C=O) groups excluding carboxylic acids is 1. The van der Waals surface area contributed by atoms with Crippen molar-refractivity contribution in [2.75, 3.05) is 13.7 Å². The normalized spacial score (nSPS) is 12.2. The van der Waals surface area contributed by atoms with Crippen LogP contribution in [0.2, 0.25) is 5.02 Å². The van der Waals surface area contributed by atoms with E-state index < -0.39 is 5.82 Å². The molecule has 1 amide bonds. The lowest BCUT2D eigenvalue weighted by atomic mass is 10.1. The Morgan fingerprint density at radius 2 is 2.29 bits per heavy atom. The molecule has 1 N–H and O–H groups in total. The van der Waals surface area contributed by atoms with Gasteiger partial charge < -0.3 is 10.1 Å². The molecule has 0 aliphatic carbocycles. The molecule has 0 heterocycles. The fourth-order valence-electron chi connectivity index (χ4n) is 1.48. The Morgan fingerprint density at radius 3 is 2.88 bits per heavy atom. The standard InChI is InChI=1S/C12H15ClFNO2/c1-8(7-17-2)15-12(16)6-9-10(13)4-3-5-11(9)14/h3-5,8H,6-7H2,1-2H3,(H,15,16)/t8-/m1/s1. The SMILES string of the molecule is COC[C@@H](C)NC(=O)Cc1c(F)cccc1Cl. The van der Waals surface area contributed by atoms with Gasteiger partial charge in [-0.25, -0.2) is 4.39 Å². The zero-order chi connectivity index (χ0) is 12.8. The first-order chi connectivity index (χ1) is 8.04. The molecule has 0 saturated heterocycles. The number of benzene rings is 1. The lowest BCUT2D eigenvalue weighted by molar-refractivity contribution is -0.121. The molecular weight excluding hydrogens is 245 g/mol. The van der Waals surface area contributed by atoms with E-state index in [1.54, 1.807) is 13.2 Å². The van der Waals surface area contributed by atoms with E-state index in [4.69, 9.17) is 16.3 Å². The van der Waals surface area contributed by atoms with Crippen LogP contribution in [0.15, 0.2) is 18.2 Å². The van der Waals surface area contributed by atoms with Crippen LogP contribution in [0.3, 0.4) is 0 Å². The summed E-state index contributed by atoms with van der Waals surface area (Å²) in [5, 5.41) is 2.96. The van der Waals surface area contributed by atoms with Gasteiger partial charge in [-0.3, -0.25) is 4.79 Å². The third-order valence-corrected chi connectivity index (χ3v) is 2.58. The summed E-state index contributed by atoms with van der Waals surface area (Å²) in [6.07, 6.45) is -0.0699. The zero-order valence-corrected chi connectivity index (χ0v) is 10.6. The third-order valence-electron chi connectivity index (χ3n) is 2.22. The Hall–Kier alpha value is -1.13. The van der Waals surface area contributed by atoms with Crippen molar-refractivity contribution in [3.05, 3.63) is 34.6 Å². The molecule has 1 atom stereocenters. The van der Waals surface area contributed by atoms with Gasteiger partial charge >= 0.3 is 0 Å². The smallest absolute Gasteiger partial charge is 0.224 e. The van der Waals surface area contributed by atoms with Crippen molar-refractivity contribution in [2.45, 2.75) is 19.4 Å². The fraction of sp³-hybridized carbons (Fsp3) is 0.417. The van der Waals surface area contributed by atoms with Gasteiger partial charge in [0.1, 0.15) is 5.82 Å². The molecule has 1 aromatic rings. The molecule has 0 unspecified atom stereocenters. The maximum Gasteiger partial charge on any atom is 0.224 e. The predicted octanol–water partition coefficient (Wildman–Crippen LogP) is 2.17. The second kappa shape index (κ2) is 6.57. The van der Waals surface area contributed by atoms with Gasteiger partial charge in [0.15, 0.2) is 0 Å². The molecule has 0 saturated carbocycles. The third kappa shape index (κ3) is 4.32. The van der Waals surface area contributed by atoms with Crippen LogP contribution in [-0.4, -0.2) is 25.7 Å². The van der Waals surface area contributed by atoms with E-state index in [1.165, 1.54) is 12.1 Å². The first-order valence-electron chi connectivity index (χ1n) is 5.25. The van der Waals surface area contributed by atoms with Gasteiger partial charge in [0.05, 0.1) is 13.0 Å². The quantitative estimate of drug-likeness (QED) is 0.880. The zero-order valence-electron chi connectivity index (χ0n) is 9.80. The molecule has 0 aliphatic heterocycles. The summed E-state index contributed by atoms with van der Waals surface area (Å²) in [4.78, 5) is 11.6. The Labute approximate surface area is 105 Å². The van der Waals surface area contributed by atoms with Crippen LogP contribution in [0, 0.1) is 5.82 Å². The summed E-state index contributed by atoms with van der Waals surface area (Å²) < 4.78 is 18.3. The van der Waals surface area contributed by atoms with Crippen molar-refractivity contribution in [2.24, 2.45) is 0 Å². The van der Waals surface area contributed by atoms with Gasteiger partial charge in [0, 0.05) is 23.7 Å². The van der Waals surface area contributed by atoms with Crippen molar-refractivity contribution >= 4 is 17.5 Å². The molecule has 0 radical (unpaired) electrons. The van der Waals surface area contributed by atoms with Crippen LogP contribution >= 0.6 is 11.6 Å². The van der Waals surface area contributed by atoms with Crippen LogP contribution in [0.4, 0.5) is 4.39 Å². The van der Waals surface area contributed by atoms with Crippen molar-refractivity contribution in [1.29, 1.82) is 0 Å². The van der Waals surface area contributed by atoms with E-state index in [0.29, 0.717) is 6.61 Å². The summed E-state index contributed by atoms with van der Waals surface area (Å²) in [7, 11) is 1.55. The van der Waals surface area contributed by atoms with Crippen molar-refractivity contribution in [3.63, 3.8) is 0 Å². The van der Waals surface area contributed by atoms with E-state index in [2.05, 4.69) is 5.32 Å². The number of carbonyl (C=O) groups is 1. The molecule has 1 aromatic carbocycles. The highest BCUT2D eigenvalue weighted by molar-refractivity contribution is 6.31. The Kier molecular flexibility index (Phi) is 5.38. The summed E-state index contributed by atoms with van der Waals surface area (Å²) in [6.45, 7) is 2.22. The predicted molar refractivity (Wildman–Crippen MR) is 64.6 cm³/mol. The topological polar surface area (TPSA) is 38.3 Å². The van der Waals surface area contributed by atoms with E-state index in [-0.39, 0.29) is 29.0 Å². The van der Waals surface area contributed by atoms with Crippen molar-refractivity contribution < 1.29 is 13.9 Å². The van der Waals surface area contributed by atoms with Crippen molar-refractivity contribution in [3.8, 4) is 0 Å². The molecule has 17 heavy (non-hydrogen) atoms. The van der Waals surface area contributed by atoms with Crippen LogP contribution in [0.1, 0.15) is 12.5 Å². The van der Waals surface area contributed by atoms with Gasteiger partial charge in [0.2, 0.25) is 5.91 Å². The van der Waals surface area contributed by atoms with Crippen LogP contribution in [0.25, 0.3) is 0 Å². The van der Waals surface area contributed by atoms with Crippen LogP contribution in [0.5, 0.6) is 0 Å². The van der Waals surface area contributed by atoms with Gasteiger partial charge in [-0.05, 0) is 19.1 Å². The van der Waals surface area contributed by atoms with E-state index in [1.807, 2.05) is 6.92 Å². The van der Waals surface area contributed by atoms with Gasteiger partial charge in [-0.15, -0.1) is 0 Å². The summed E-state index contributed by atoms with van der Waals surface area (Å²) in [5.74, 6) is -0.742. The molecule has 1 rings (SSSR count). The number of amides is 1. The number of nitrogens with one attached hydrogen (secondary N) is 1. The maximum atomic E-state index is 13.4. The monoisotopic (exact) mass is 259 g/mol. The fourth-order valence-corrected chi connectivity index (χ4v) is 1.71. The highest BCUT2D eigenvalue weighted by atomic mass is 35.5. The number of hydrogen-bond acceptors (Lipinski definition) is 2. The number of rotatable bonds is 5. The highest BCUT2D eigenvalue weighted by Crippen LogP contribution is 2.19. The molecule has 0 spiro atoms. The second-order valence-corrected chi connectivity index (χ2v) is 4.21. The van der Waals surface area contributed by atoms with E-state index in [9.17, 15) is 9.18 Å². The molecule has 0 fully saturated rings. The number of halogens is 2. The van der Waals surface area contributed by atoms with Gasteiger partial charge in [-0.1, -0.05) is 17.7 Å². The number of methoxy groups -OCH3 is 1. The minimum atomic E-state index is -0.466. The van der Waals surface area contributed by atoms with Gasteiger partial charge in [0.25, 0.3) is 0 Å². The van der Waals surface area contributed by atoms with Crippen LogP contribution < -0.4 is 5.32 Å². The number of ether oxygens (including phenoxy) is 1. The minimum Gasteiger partial charge on any atom is -0.383 e. The Morgan fingerprint density at radius 1 is 1.59 bits per heavy atom. The van der Waals surface area contributed by atoms with E-state index >= 15 is 0 Å².